The van der Waals surface area contributed by atoms with Crippen molar-refractivity contribution in [2.24, 2.45) is 0 Å². The summed E-state index contributed by atoms with van der Waals surface area (Å²) in [5, 5.41) is 8.99. The van der Waals surface area contributed by atoms with Gasteiger partial charge in [-0.3, -0.25) is 9.59 Å². The second-order valence-electron chi connectivity index (χ2n) is 5.76. The number of amides is 2. The first kappa shape index (κ1) is 16.5. The van der Waals surface area contributed by atoms with Crippen LogP contribution in [0.15, 0.2) is 41.1 Å². The molecule has 0 unspecified atom stereocenters. The molecule has 1 heterocycles. The summed E-state index contributed by atoms with van der Waals surface area (Å²) < 4.78 is 5.99. The molecular formula is C18H20N2O3S. The Morgan fingerprint density at radius 3 is 2.71 bits per heavy atom. The van der Waals surface area contributed by atoms with Crippen molar-refractivity contribution >= 4 is 28.8 Å². The lowest BCUT2D eigenvalue weighted by Gasteiger charge is -2.17. The number of carbonyl (C=O) groups is 2. The van der Waals surface area contributed by atoms with E-state index in [0.717, 1.165) is 12.8 Å². The number of carbonyl (C=O) groups excluding carboxylic acids is 2. The summed E-state index contributed by atoms with van der Waals surface area (Å²) in [7, 11) is 0. The first-order chi connectivity index (χ1) is 11.7. The van der Waals surface area contributed by atoms with Gasteiger partial charge in [-0.1, -0.05) is 12.1 Å². The third kappa shape index (κ3) is 4.35. The highest BCUT2D eigenvalue weighted by atomic mass is 32.1. The van der Waals surface area contributed by atoms with Crippen molar-refractivity contribution in [1.29, 1.82) is 0 Å². The smallest absolute Gasteiger partial charge is 0.252 e. The van der Waals surface area contributed by atoms with Crippen LogP contribution in [0.4, 0.5) is 5.69 Å². The number of thiophene rings is 1. The van der Waals surface area contributed by atoms with Gasteiger partial charge in [0.15, 0.2) is 0 Å². The van der Waals surface area contributed by atoms with E-state index in [-0.39, 0.29) is 24.5 Å². The predicted octanol–water partition coefficient (Wildman–Crippen LogP) is 3.44. The molecule has 6 heteroatoms. The molecule has 126 valence electrons. The molecule has 0 atom stereocenters. The quantitative estimate of drug-likeness (QED) is 0.843. The highest BCUT2D eigenvalue weighted by molar-refractivity contribution is 7.08. The van der Waals surface area contributed by atoms with Gasteiger partial charge in [0, 0.05) is 10.9 Å². The molecule has 0 spiro atoms. The molecule has 1 aliphatic carbocycles. The molecule has 0 saturated heterocycles. The van der Waals surface area contributed by atoms with Crippen LogP contribution < -0.4 is 15.4 Å². The normalized spacial score (nSPS) is 14.3. The molecular weight excluding hydrogens is 324 g/mol. The Morgan fingerprint density at radius 1 is 1.17 bits per heavy atom. The van der Waals surface area contributed by atoms with Crippen LogP contribution in [0.2, 0.25) is 0 Å². The highest BCUT2D eigenvalue weighted by Gasteiger charge is 2.18. The summed E-state index contributed by atoms with van der Waals surface area (Å²) in [6, 6.07) is 9.13. The molecule has 2 amide bonds. The van der Waals surface area contributed by atoms with Crippen LogP contribution in [0.5, 0.6) is 5.75 Å². The number of para-hydroxylation sites is 2. The molecule has 0 aliphatic heterocycles. The lowest BCUT2D eigenvalue weighted by atomic mass is 10.2. The van der Waals surface area contributed by atoms with E-state index in [1.54, 1.807) is 11.4 Å². The fraction of sp³-hybridized carbons (Fsp3) is 0.333. The molecule has 5 nitrogen and oxygen atoms in total. The molecule has 1 fully saturated rings. The Kier molecular flexibility index (Phi) is 5.48. The van der Waals surface area contributed by atoms with Crippen LogP contribution in [-0.4, -0.2) is 24.5 Å². The summed E-state index contributed by atoms with van der Waals surface area (Å²) in [6.07, 6.45) is 4.71. The van der Waals surface area contributed by atoms with Gasteiger partial charge in [0.2, 0.25) is 5.91 Å². The first-order valence-electron chi connectivity index (χ1n) is 8.08. The number of rotatable bonds is 6. The van der Waals surface area contributed by atoms with E-state index < -0.39 is 0 Å². The average molecular weight is 344 g/mol. The number of hydrogen-bond donors (Lipinski definition) is 2. The van der Waals surface area contributed by atoms with E-state index in [9.17, 15) is 9.59 Å². The van der Waals surface area contributed by atoms with Crippen molar-refractivity contribution in [2.45, 2.75) is 31.8 Å². The third-order valence-corrected chi connectivity index (χ3v) is 4.63. The summed E-state index contributed by atoms with van der Waals surface area (Å²) >= 11 is 1.44. The Hall–Kier alpha value is -2.34. The molecule has 0 bridgehead atoms. The molecule has 2 aromatic rings. The van der Waals surface area contributed by atoms with Gasteiger partial charge in [0.25, 0.3) is 5.91 Å². The van der Waals surface area contributed by atoms with Gasteiger partial charge in [-0.25, -0.2) is 0 Å². The minimum absolute atomic E-state index is 0.0769. The fourth-order valence-electron chi connectivity index (χ4n) is 2.71. The van der Waals surface area contributed by atoms with Gasteiger partial charge < -0.3 is 15.4 Å². The van der Waals surface area contributed by atoms with E-state index in [0.29, 0.717) is 17.0 Å². The zero-order valence-electron chi connectivity index (χ0n) is 13.3. The minimum atomic E-state index is -0.277. The van der Waals surface area contributed by atoms with E-state index in [1.165, 1.54) is 24.2 Å². The van der Waals surface area contributed by atoms with Crippen molar-refractivity contribution in [3.63, 3.8) is 0 Å². The molecule has 1 aromatic carbocycles. The topological polar surface area (TPSA) is 67.4 Å². The molecule has 0 radical (unpaired) electrons. The number of ether oxygens (including phenoxy) is 1. The maximum atomic E-state index is 12.1. The van der Waals surface area contributed by atoms with Crippen molar-refractivity contribution < 1.29 is 14.3 Å². The standard InChI is InChI=1S/C18H20N2O3S/c21-17(11-19-18(22)13-9-10-24-12-13)20-15-7-3-4-8-16(15)23-14-5-1-2-6-14/h3-4,7-10,12,14H,1-2,5-6,11H2,(H,19,22)(H,20,21). The zero-order chi connectivity index (χ0) is 16.8. The Labute approximate surface area is 145 Å². The van der Waals surface area contributed by atoms with Crippen LogP contribution in [0.3, 0.4) is 0 Å². The summed E-state index contributed by atoms with van der Waals surface area (Å²) in [5.41, 5.74) is 1.21. The van der Waals surface area contributed by atoms with Gasteiger partial charge >= 0.3 is 0 Å². The van der Waals surface area contributed by atoms with Gasteiger partial charge in [0.05, 0.1) is 18.3 Å². The molecule has 3 rings (SSSR count). The number of benzene rings is 1. The summed E-state index contributed by atoms with van der Waals surface area (Å²) in [4.78, 5) is 23.9. The van der Waals surface area contributed by atoms with Crippen LogP contribution in [0.25, 0.3) is 0 Å². The Bertz CT molecular complexity index is 694. The van der Waals surface area contributed by atoms with E-state index in [4.69, 9.17) is 4.74 Å². The van der Waals surface area contributed by atoms with Crippen LogP contribution in [0, 0.1) is 0 Å². The SMILES string of the molecule is O=C(CNC(=O)c1ccsc1)Nc1ccccc1OC1CCCC1. The Balaban J connectivity index is 1.55. The maximum Gasteiger partial charge on any atom is 0.252 e. The van der Waals surface area contributed by atoms with Crippen molar-refractivity contribution in [3.05, 3.63) is 46.7 Å². The second-order valence-corrected chi connectivity index (χ2v) is 6.54. The van der Waals surface area contributed by atoms with Crippen molar-refractivity contribution in [1.82, 2.24) is 5.32 Å². The fourth-order valence-corrected chi connectivity index (χ4v) is 3.35. The molecule has 1 aliphatic rings. The number of hydrogen-bond acceptors (Lipinski definition) is 4. The Morgan fingerprint density at radius 2 is 1.96 bits per heavy atom. The van der Waals surface area contributed by atoms with Crippen molar-refractivity contribution in [3.8, 4) is 5.75 Å². The predicted molar refractivity (Wildman–Crippen MR) is 94.6 cm³/mol. The lowest BCUT2D eigenvalue weighted by Crippen LogP contribution is -2.32. The van der Waals surface area contributed by atoms with Crippen LogP contribution in [-0.2, 0) is 4.79 Å². The molecule has 2 N–H and O–H groups in total. The number of anilines is 1. The zero-order valence-corrected chi connectivity index (χ0v) is 14.1. The summed E-state index contributed by atoms with van der Waals surface area (Å²) in [5.74, 6) is 0.157. The van der Waals surface area contributed by atoms with Gasteiger partial charge in [0.1, 0.15) is 5.75 Å². The van der Waals surface area contributed by atoms with E-state index >= 15 is 0 Å². The largest absolute Gasteiger partial charge is 0.488 e. The van der Waals surface area contributed by atoms with Gasteiger partial charge in [-0.2, -0.15) is 11.3 Å². The molecule has 1 aromatic heterocycles. The lowest BCUT2D eigenvalue weighted by molar-refractivity contribution is -0.115. The molecule has 1 saturated carbocycles. The maximum absolute atomic E-state index is 12.1. The van der Waals surface area contributed by atoms with E-state index in [1.807, 2.05) is 29.6 Å². The third-order valence-electron chi connectivity index (χ3n) is 3.95. The number of nitrogens with one attached hydrogen (secondary N) is 2. The van der Waals surface area contributed by atoms with Crippen molar-refractivity contribution in [2.75, 3.05) is 11.9 Å². The van der Waals surface area contributed by atoms with Crippen LogP contribution >= 0.6 is 11.3 Å². The first-order valence-corrected chi connectivity index (χ1v) is 9.02. The van der Waals surface area contributed by atoms with Gasteiger partial charge in [-0.05, 0) is 49.3 Å². The minimum Gasteiger partial charge on any atom is -0.488 e. The monoisotopic (exact) mass is 344 g/mol. The van der Waals surface area contributed by atoms with Crippen LogP contribution in [0.1, 0.15) is 36.0 Å². The second kappa shape index (κ2) is 7.97. The van der Waals surface area contributed by atoms with E-state index in [2.05, 4.69) is 10.6 Å². The summed E-state index contributed by atoms with van der Waals surface area (Å²) in [6.45, 7) is -0.0769. The molecule has 24 heavy (non-hydrogen) atoms. The highest BCUT2D eigenvalue weighted by Crippen LogP contribution is 2.29. The van der Waals surface area contributed by atoms with Gasteiger partial charge in [-0.15, -0.1) is 0 Å². The average Bonchev–Trinajstić information content (AvgIpc) is 3.28.